The fraction of sp³-hybridized carbons (Fsp3) is 0.643. The molecular formula is C14H22N4O. The Bertz CT molecular complexity index is 409. The van der Waals surface area contributed by atoms with Crippen LogP contribution in [0.25, 0.3) is 0 Å². The molecule has 1 aliphatic rings. The Balaban J connectivity index is 1.93. The Labute approximate surface area is 114 Å². The Morgan fingerprint density at radius 1 is 1.47 bits per heavy atom. The average molecular weight is 262 g/mol. The summed E-state index contributed by atoms with van der Waals surface area (Å²) in [4.78, 5) is 22.0. The molecule has 2 atom stereocenters. The highest BCUT2D eigenvalue weighted by Crippen LogP contribution is 2.18. The van der Waals surface area contributed by atoms with E-state index in [4.69, 9.17) is 0 Å². The van der Waals surface area contributed by atoms with Gasteiger partial charge in [0.15, 0.2) is 0 Å². The Morgan fingerprint density at radius 2 is 2.21 bits per heavy atom. The molecular weight excluding hydrogens is 240 g/mol. The second-order valence-corrected chi connectivity index (χ2v) is 5.20. The summed E-state index contributed by atoms with van der Waals surface area (Å²) in [6.45, 7) is 7.03. The van der Waals surface area contributed by atoms with Gasteiger partial charge in [0.2, 0.25) is 0 Å². The van der Waals surface area contributed by atoms with Crippen molar-refractivity contribution in [3.63, 3.8) is 0 Å². The molecule has 5 nitrogen and oxygen atoms in total. The molecule has 0 spiro atoms. The van der Waals surface area contributed by atoms with E-state index in [9.17, 15) is 4.79 Å². The lowest BCUT2D eigenvalue weighted by Gasteiger charge is -2.37. The number of carbonyl (C=O) groups is 1. The van der Waals surface area contributed by atoms with Crippen molar-refractivity contribution in [2.24, 2.45) is 5.92 Å². The van der Waals surface area contributed by atoms with Gasteiger partial charge in [-0.1, -0.05) is 13.8 Å². The van der Waals surface area contributed by atoms with E-state index in [1.165, 1.54) is 6.33 Å². The van der Waals surface area contributed by atoms with Crippen LogP contribution in [0.15, 0.2) is 18.7 Å². The van der Waals surface area contributed by atoms with E-state index in [-0.39, 0.29) is 5.91 Å². The van der Waals surface area contributed by atoms with Crippen LogP contribution in [0.5, 0.6) is 0 Å². The van der Waals surface area contributed by atoms with Crippen LogP contribution in [-0.2, 0) is 0 Å². The molecule has 1 aromatic rings. The maximum Gasteiger partial charge on any atom is 0.257 e. The average Bonchev–Trinajstić information content (AvgIpc) is 2.46. The third-order valence-corrected chi connectivity index (χ3v) is 3.66. The van der Waals surface area contributed by atoms with Gasteiger partial charge in [-0.3, -0.25) is 4.79 Å². The highest BCUT2D eigenvalue weighted by atomic mass is 16.2. The molecule has 1 N–H and O–H groups in total. The van der Waals surface area contributed by atoms with Gasteiger partial charge < -0.3 is 10.2 Å². The van der Waals surface area contributed by atoms with Crippen LogP contribution >= 0.6 is 0 Å². The number of hydrogen-bond acceptors (Lipinski definition) is 4. The predicted molar refractivity (Wildman–Crippen MR) is 73.8 cm³/mol. The number of hydrogen-bond donors (Lipinski definition) is 1. The summed E-state index contributed by atoms with van der Waals surface area (Å²) < 4.78 is 0. The quantitative estimate of drug-likeness (QED) is 0.889. The second kappa shape index (κ2) is 6.61. The van der Waals surface area contributed by atoms with Gasteiger partial charge in [0.05, 0.1) is 5.56 Å². The molecule has 19 heavy (non-hydrogen) atoms. The number of likely N-dealkylation sites (tertiary alicyclic amines) is 1. The van der Waals surface area contributed by atoms with Crippen molar-refractivity contribution < 1.29 is 4.79 Å². The number of nitrogens with zero attached hydrogens (tertiary/aromatic N) is 3. The van der Waals surface area contributed by atoms with Crippen molar-refractivity contribution in [3.8, 4) is 0 Å². The molecule has 1 aromatic heterocycles. The summed E-state index contributed by atoms with van der Waals surface area (Å²) in [7, 11) is 0. The van der Waals surface area contributed by atoms with Crippen molar-refractivity contribution >= 4 is 5.91 Å². The van der Waals surface area contributed by atoms with Gasteiger partial charge in [0, 0.05) is 31.5 Å². The van der Waals surface area contributed by atoms with E-state index >= 15 is 0 Å². The third-order valence-electron chi connectivity index (χ3n) is 3.66. The monoisotopic (exact) mass is 262 g/mol. The van der Waals surface area contributed by atoms with Gasteiger partial charge in [-0.2, -0.15) is 0 Å². The molecule has 0 aromatic carbocycles. The van der Waals surface area contributed by atoms with E-state index in [1.54, 1.807) is 12.4 Å². The van der Waals surface area contributed by atoms with Crippen LogP contribution in [0.4, 0.5) is 0 Å². The van der Waals surface area contributed by atoms with Crippen molar-refractivity contribution in [1.82, 2.24) is 20.2 Å². The van der Waals surface area contributed by atoms with E-state index < -0.39 is 0 Å². The standard InChI is InChI=1S/C14H22N4O/c1-3-5-17-13-4-6-18(9-11(13)2)14(19)12-7-15-10-16-8-12/h7-8,10-11,13,17H,3-6,9H2,1-2H3. The maximum atomic E-state index is 12.3. The molecule has 0 radical (unpaired) electrons. The Hall–Kier alpha value is -1.49. The van der Waals surface area contributed by atoms with E-state index in [0.717, 1.165) is 32.5 Å². The summed E-state index contributed by atoms with van der Waals surface area (Å²) in [5.41, 5.74) is 0.578. The summed E-state index contributed by atoms with van der Waals surface area (Å²) >= 11 is 0. The summed E-state index contributed by atoms with van der Waals surface area (Å²) in [6, 6.07) is 0.524. The summed E-state index contributed by atoms with van der Waals surface area (Å²) in [5.74, 6) is 0.523. The first-order valence-electron chi connectivity index (χ1n) is 7.00. The van der Waals surface area contributed by atoms with Crippen molar-refractivity contribution in [2.45, 2.75) is 32.7 Å². The molecule has 2 unspecified atom stereocenters. The van der Waals surface area contributed by atoms with E-state index in [0.29, 0.717) is 17.5 Å². The van der Waals surface area contributed by atoms with Crippen molar-refractivity contribution in [3.05, 3.63) is 24.3 Å². The lowest BCUT2D eigenvalue weighted by Crippen LogP contribution is -2.50. The normalized spacial score (nSPS) is 23.4. The minimum absolute atomic E-state index is 0.0430. The highest BCUT2D eigenvalue weighted by Gasteiger charge is 2.28. The van der Waals surface area contributed by atoms with Crippen molar-refractivity contribution in [2.75, 3.05) is 19.6 Å². The molecule has 2 rings (SSSR count). The molecule has 2 heterocycles. The molecule has 1 fully saturated rings. The molecule has 5 heteroatoms. The number of rotatable bonds is 4. The van der Waals surface area contributed by atoms with Gasteiger partial charge in [0.25, 0.3) is 5.91 Å². The van der Waals surface area contributed by atoms with Crippen LogP contribution in [0.2, 0.25) is 0 Å². The minimum atomic E-state index is 0.0430. The number of piperidine rings is 1. The molecule has 1 aliphatic heterocycles. The van der Waals surface area contributed by atoms with E-state index in [2.05, 4.69) is 29.1 Å². The maximum absolute atomic E-state index is 12.3. The molecule has 0 aliphatic carbocycles. The lowest BCUT2D eigenvalue weighted by atomic mass is 9.93. The van der Waals surface area contributed by atoms with Gasteiger partial charge in [0.1, 0.15) is 6.33 Å². The van der Waals surface area contributed by atoms with Crippen LogP contribution in [-0.4, -0.2) is 46.5 Å². The van der Waals surface area contributed by atoms with Crippen molar-refractivity contribution in [1.29, 1.82) is 0 Å². The summed E-state index contributed by atoms with van der Waals surface area (Å²) in [5, 5.41) is 3.56. The lowest BCUT2D eigenvalue weighted by molar-refractivity contribution is 0.0644. The molecule has 1 saturated heterocycles. The fourth-order valence-corrected chi connectivity index (χ4v) is 2.56. The smallest absolute Gasteiger partial charge is 0.257 e. The summed E-state index contributed by atoms with van der Waals surface area (Å²) in [6.07, 6.45) is 6.77. The second-order valence-electron chi connectivity index (χ2n) is 5.20. The zero-order valence-electron chi connectivity index (χ0n) is 11.7. The van der Waals surface area contributed by atoms with Gasteiger partial charge in [-0.15, -0.1) is 0 Å². The largest absolute Gasteiger partial charge is 0.338 e. The number of carbonyl (C=O) groups excluding carboxylic acids is 1. The number of aromatic nitrogens is 2. The fourth-order valence-electron chi connectivity index (χ4n) is 2.56. The van der Waals surface area contributed by atoms with Gasteiger partial charge in [-0.05, 0) is 25.3 Å². The van der Waals surface area contributed by atoms with Gasteiger partial charge >= 0.3 is 0 Å². The predicted octanol–water partition coefficient (Wildman–Crippen LogP) is 1.33. The first-order valence-corrected chi connectivity index (χ1v) is 7.00. The first-order chi connectivity index (χ1) is 9.22. The molecule has 104 valence electrons. The highest BCUT2D eigenvalue weighted by molar-refractivity contribution is 5.93. The topological polar surface area (TPSA) is 58.1 Å². The Morgan fingerprint density at radius 3 is 2.84 bits per heavy atom. The minimum Gasteiger partial charge on any atom is -0.338 e. The SMILES string of the molecule is CCCNC1CCN(C(=O)c2cncnc2)CC1C. The molecule has 1 amide bonds. The van der Waals surface area contributed by atoms with Crippen LogP contribution < -0.4 is 5.32 Å². The van der Waals surface area contributed by atoms with Crippen LogP contribution in [0.1, 0.15) is 37.0 Å². The Kier molecular flexibility index (Phi) is 4.85. The first kappa shape index (κ1) is 13.9. The molecule has 0 bridgehead atoms. The van der Waals surface area contributed by atoms with Gasteiger partial charge in [-0.25, -0.2) is 9.97 Å². The van der Waals surface area contributed by atoms with Crippen LogP contribution in [0.3, 0.4) is 0 Å². The zero-order valence-corrected chi connectivity index (χ0v) is 11.7. The van der Waals surface area contributed by atoms with E-state index in [1.807, 2.05) is 4.90 Å². The van der Waals surface area contributed by atoms with Crippen LogP contribution in [0, 0.1) is 5.92 Å². The number of nitrogens with one attached hydrogen (secondary N) is 1. The molecule has 0 saturated carbocycles. The number of amides is 1. The zero-order chi connectivity index (χ0) is 13.7. The third kappa shape index (κ3) is 3.50.